The van der Waals surface area contributed by atoms with Crippen molar-refractivity contribution in [2.75, 3.05) is 26.4 Å². The predicted molar refractivity (Wildman–Crippen MR) is 248 cm³/mol. The molecule has 0 aromatic heterocycles. The lowest BCUT2D eigenvalue weighted by atomic mass is 9.82. The van der Waals surface area contributed by atoms with E-state index in [1.165, 1.54) is 18.2 Å². The summed E-state index contributed by atoms with van der Waals surface area (Å²) in [5, 5.41) is 0. The Morgan fingerprint density at radius 1 is 0.426 bits per heavy atom. The Hall–Kier alpha value is -6.77. The Kier molecular flexibility index (Phi) is 21.8. The first-order valence-electron chi connectivity index (χ1n) is 23.5. The summed E-state index contributed by atoms with van der Waals surface area (Å²) >= 11 is 0. The van der Waals surface area contributed by atoms with Crippen LogP contribution in [0.15, 0.2) is 92.0 Å². The van der Waals surface area contributed by atoms with Gasteiger partial charge in [-0.15, -0.1) is 0 Å². The van der Waals surface area contributed by atoms with Crippen molar-refractivity contribution < 1.29 is 71.5 Å². The highest BCUT2D eigenvalue weighted by molar-refractivity contribution is 5.85. The molecule has 3 aromatic carbocycles. The monoisotopic (exact) mass is 938 g/mol. The van der Waals surface area contributed by atoms with Crippen LogP contribution in [0, 0.1) is 23.7 Å². The second-order valence-electron chi connectivity index (χ2n) is 16.8. The number of esters is 6. The number of hydrogen-bond donors (Lipinski definition) is 0. The highest BCUT2D eigenvalue weighted by Gasteiger charge is 2.34. The zero-order valence-electron chi connectivity index (χ0n) is 38.6. The quantitative estimate of drug-likeness (QED) is 0.0230. The van der Waals surface area contributed by atoms with Crippen LogP contribution in [-0.2, 0) is 38.2 Å². The van der Waals surface area contributed by atoms with E-state index in [0.717, 1.165) is 63.5 Å². The third-order valence-corrected chi connectivity index (χ3v) is 11.8. The Morgan fingerprint density at radius 3 is 1.12 bits per heavy atom. The molecule has 2 aliphatic carbocycles. The van der Waals surface area contributed by atoms with Gasteiger partial charge in [-0.25, -0.2) is 9.59 Å². The van der Waals surface area contributed by atoms with Gasteiger partial charge >= 0.3 is 35.8 Å². The van der Waals surface area contributed by atoms with E-state index in [9.17, 15) is 33.6 Å². The molecule has 0 atom stereocenters. The number of aldehydes is 1. The fourth-order valence-corrected chi connectivity index (χ4v) is 7.86. The summed E-state index contributed by atoms with van der Waals surface area (Å²) < 4.78 is 44.0. The van der Waals surface area contributed by atoms with E-state index < -0.39 is 35.7 Å². The summed E-state index contributed by atoms with van der Waals surface area (Å²) in [6.07, 6.45) is 13.2. The van der Waals surface area contributed by atoms with Crippen LogP contribution in [0.25, 0.3) is 0 Å². The fraction of sp³-hybridized carbons (Fsp3) is 0.453. The van der Waals surface area contributed by atoms with Crippen molar-refractivity contribution in [3.05, 3.63) is 97.6 Å². The molecule has 0 spiro atoms. The fourth-order valence-electron chi connectivity index (χ4n) is 7.86. The van der Waals surface area contributed by atoms with E-state index in [2.05, 4.69) is 13.2 Å². The lowest BCUT2D eigenvalue weighted by molar-refractivity contribution is -0.145. The lowest BCUT2D eigenvalue weighted by Crippen LogP contribution is -2.30. The number of ether oxygens (including phenoxy) is 8. The molecule has 0 bridgehead atoms. The molecule has 0 aliphatic heterocycles. The normalized spacial score (nSPS) is 17.6. The Bertz CT molecular complexity index is 2150. The van der Waals surface area contributed by atoms with Gasteiger partial charge in [0.25, 0.3) is 0 Å². The first kappa shape index (κ1) is 52.2. The maximum Gasteiger partial charge on any atom is 0.330 e. The molecule has 0 saturated heterocycles. The minimum absolute atomic E-state index is 0.0395. The van der Waals surface area contributed by atoms with Crippen molar-refractivity contribution in [1.29, 1.82) is 0 Å². The van der Waals surface area contributed by atoms with Crippen molar-refractivity contribution in [3.8, 4) is 34.5 Å². The number of hydrogen-bond acceptors (Lipinski definition) is 15. The molecule has 15 heteroatoms. The average Bonchev–Trinajstić information content (AvgIpc) is 3.36. The van der Waals surface area contributed by atoms with Gasteiger partial charge in [0.05, 0.1) is 55.7 Å². The SMILES string of the molecule is C=CC(=O)OCCCCCCOc1ccc(OC(=O)C2CCC(C(=O)Oc3ccc(OC(=O)C4CCC(C(=O)Oc5ccc(OCCCCCCOC(=O)C=C)cc5)CC4)c(C=O)c3)CC2)cc1. The summed E-state index contributed by atoms with van der Waals surface area (Å²) in [6.45, 7) is 8.54. The number of carbonyl (C=O) groups excluding carboxylic acids is 7. The van der Waals surface area contributed by atoms with Gasteiger partial charge in [-0.3, -0.25) is 24.0 Å². The van der Waals surface area contributed by atoms with Crippen molar-refractivity contribution in [3.63, 3.8) is 0 Å². The molecule has 15 nitrogen and oxygen atoms in total. The van der Waals surface area contributed by atoms with E-state index >= 15 is 0 Å². The summed E-state index contributed by atoms with van der Waals surface area (Å²) in [5.41, 5.74) is 0.0431. The van der Waals surface area contributed by atoms with Crippen LogP contribution >= 0.6 is 0 Å². The summed E-state index contributed by atoms with van der Waals surface area (Å²) in [7, 11) is 0. The van der Waals surface area contributed by atoms with Crippen molar-refractivity contribution >= 4 is 42.1 Å². The van der Waals surface area contributed by atoms with Crippen LogP contribution in [0.5, 0.6) is 34.5 Å². The van der Waals surface area contributed by atoms with Crippen LogP contribution < -0.4 is 28.4 Å². The summed E-state index contributed by atoms with van der Waals surface area (Å²) in [5.74, 6) is -1.97. The smallest absolute Gasteiger partial charge is 0.330 e. The van der Waals surface area contributed by atoms with Gasteiger partial charge in [-0.1, -0.05) is 13.2 Å². The molecule has 364 valence electrons. The zero-order chi connectivity index (χ0) is 48.5. The minimum atomic E-state index is -0.517. The number of benzene rings is 3. The molecule has 0 N–H and O–H groups in total. The van der Waals surface area contributed by atoms with E-state index in [1.54, 1.807) is 48.5 Å². The van der Waals surface area contributed by atoms with Crippen molar-refractivity contribution in [2.45, 2.75) is 103 Å². The van der Waals surface area contributed by atoms with Crippen LogP contribution in [0.2, 0.25) is 0 Å². The first-order valence-corrected chi connectivity index (χ1v) is 23.5. The lowest BCUT2D eigenvalue weighted by Gasteiger charge is -2.26. The second kappa shape index (κ2) is 28.4. The molecule has 2 fully saturated rings. The maximum atomic E-state index is 13.2. The third kappa shape index (κ3) is 17.8. The standard InChI is InChI=1S/C53H62O15/c1-3-48(55)63-33-11-7-5-9-31-61-42-21-25-44(26-22-42)65-50(57)37-13-15-39(16-14-37)52(59)67-46-29-30-47(41(35-46)36-54)68-53(60)40-19-17-38(18-20-40)51(58)66-45-27-23-43(24-28-45)62-32-10-6-8-12-34-64-49(56)4-2/h3-4,21-30,35-40H,1-2,5-20,31-34H2. The van der Waals surface area contributed by atoms with Gasteiger partial charge in [0.15, 0.2) is 6.29 Å². The molecule has 3 aromatic rings. The van der Waals surface area contributed by atoms with Gasteiger partial charge in [0.1, 0.15) is 34.5 Å². The van der Waals surface area contributed by atoms with E-state index in [0.29, 0.717) is 107 Å². The number of carbonyl (C=O) groups is 7. The van der Waals surface area contributed by atoms with Crippen molar-refractivity contribution in [1.82, 2.24) is 0 Å². The molecule has 0 amide bonds. The van der Waals surface area contributed by atoms with Crippen molar-refractivity contribution in [2.24, 2.45) is 23.7 Å². The maximum absolute atomic E-state index is 13.2. The zero-order valence-corrected chi connectivity index (χ0v) is 38.6. The predicted octanol–water partition coefficient (Wildman–Crippen LogP) is 9.47. The van der Waals surface area contributed by atoms with E-state index in [4.69, 9.17) is 37.9 Å². The van der Waals surface area contributed by atoms with Crippen LogP contribution in [-0.4, -0.2) is 68.5 Å². The van der Waals surface area contributed by atoms with Gasteiger partial charge in [-0.05, 0) is 169 Å². The minimum Gasteiger partial charge on any atom is -0.494 e. The highest BCUT2D eigenvalue weighted by Crippen LogP contribution is 2.35. The van der Waals surface area contributed by atoms with Crippen LogP contribution in [0.1, 0.15) is 113 Å². The third-order valence-electron chi connectivity index (χ3n) is 11.8. The molecule has 5 rings (SSSR count). The van der Waals surface area contributed by atoms with E-state index in [-0.39, 0.29) is 40.8 Å². The molecule has 0 unspecified atom stereocenters. The topological polar surface area (TPSA) is 193 Å². The second-order valence-corrected chi connectivity index (χ2v) is 16.8. The first-order chi connectivity index (χ1) is 33.0. The van der Waals surface area contributed by atoms with Gasteiger partial charge in [0, 0.05) is 12.2 Å². The highest BCUT2D eigenvalue weighted by atomic mass is 16.6. The number of rotatable bonds is 27. The number of unbranched alkanes of at least 4 members (excludes halogenated alkanes) is 6. The molecule has 0 heterocycles. The van der Waals surface area contributed by atoms with Crippen LogP contribution in [0.3, 0.4) is 0 Å². The van der Waals surface area contributed by atoms with Gasteiger partial charge in [0.2, 0.25) is 0 Å². The summed E-state index contributed by atoms with van der Waals surface area (Å²) in [6, 6.07) is 17.9. The largest absolute Gasteiger partial charge is 0.494 e. The van der Waals surface area contributed by atoms with Gasteiger partial charge < -0.3 is 37.9 Å². The Morgan fingerprint density at radius 2 is 0.750 bits per heavy atom. The molecule has 0 radical (unpaired) electrons. The molecule has 2 saturated carbocycles. The van der Waals surface area contributed by atoms with Crippen LogP contribution in [0.4, 0.5) is 0 Å². The van der Waals surface area contributed by atoms with Gasteiger partial charge in [-0.2, -0.15) is 0 Å². The van der Waals surface area contributed by atoms with E-state index in [1.807, 2.05) is 0 Å². The Labute approximate surface area is 397 Å². The molecular weight excluding hydrogens is 877 g/mol. The Balaban J connectivity index is 0.949. The average molecular weight is 939 g/mol. The molecule has 2 aliphatic rings. The molecule has 68 heavy (non-hydrogen) atoms. The summed E-state index contributed by atoms with van der Waals surface area (Å²) in [4.78, 5) is 86.3. The molecular formula is C53H62O15.